The summed E-state index contributed by atoms with van der Waals surface area (Å²) in [6.07, 6.45) is 0. The van der Waals surface area contributed by atoms with Gasteiger partial charge in [-0.2, -0.15) is 5.26 Å². The minimum atomic E-state index is -0.103. The van der Waals surface area contributed by atoms with Gasteiger partial charge in [-0.25, -0.2) is 0 Å². The van der Waals surface area contributed by atoms with Crippen LogP contribution < -0.4 is 4.74 Å². The second kappa shape index (κ2) is 7.46. The van der Waals surface area contributed by atoms with Crippen molar-refractivity contribution >= 4 is 5.91 Å². The van der Waals surface area contributed by atoms with Crippen LogP contribution in [0.25, 0.3) is 0 Å². The van der Waals surface area contributed by atoms with E-state index in [2.05, 4.69) is 6.07 Å². The molecule has 0 spiro atoms. The maximum absolute atomic E-state index is 12.2. The molecule has 0 aromatic heterocycles. The van der Waals surface area contributed by atoms with Crippen LogP contribution in [0.5, 0.6) is 5.75 Å². The fourth-order valence-corrected chi connectivity index (χ4v) is 2.21. The van der Waals surface area contributed by atoms with Crippen molar-refractivity contribution < 1.29 is 9.53 Å². The molecule has 118 valence electrons. The monoisotopic (exact) mass is 308 g/mol. The number of carbonyl (C=O) groups excluding carboxylic acids is 1. The Hall–Kier alpha value is -2.80. The standard InChI is InChI=1S/C19H20N2O2/c1-14-7-8-15(2)18(9-14)23-13-19(22)21(3)12-17-6-4-5-16(10-17)11-20/h4-10H,12-13H2,1-3H3. The van der Waals surface area contributed by atoms with Crippen LogP contribution >= 0.6 is 0 Å². The quantitative estimate of drug-likeness (QED) is 0.852. The summed E-state index contributed by atoms with van der Waals surface area (Å²) in [7, 11) is 1.73. The summed E-state index contributed by atoms with van der Waals surface area (Å²) in [5.41, 5.74) is 3.62. The molecule has 1 amide bonds. The average Bonchev–Trinajstić information content (AvgIpc) is 2.55. The highest BCUT2D eigenvalue weighted by Crippen LogP contribution is 2.19. The third kappa shape index (κ3) is 4.58. The maximum atomic E-state index is 12.2. The molecule has 23 heavy (non-hydrogen) atoms. The highest BCUT2D eigenvalue weighted by molar-refractivity contribution is 5.77. The van der Waals surface area contributed by atoms with Crippen LogP contribution in [0.15, 0.2) is 42.5 Å². The summed E-state index contributed by atoms with van der Waals surface area (Å²) in [6, 6.07) is 15.3. The van der Waals surface area contributed by atoms with E-state index in [9.17, 15) is 4.79 Å². The number of rotatable bonds is 5. The number of hydrogen-bond donors (Lipinski definition) is 0. The van der Waals surface area contributed by atoms with Gasteiger partial charge in [0, 0.05) is 13.6 Å². The van der Waals surface area contributed by atoms with Gasteiger partial charge in [-0.05, 0) is 48.7 Å². The van der Waals surface area contributed by atoms with Gasteiger partial charge in [0.1, 0.15) is 5.75 Å². The Labute approximate surface area is 136 Å². The number of carbonyl (C=O) groups is 1. The Morgan fingerprint density at radius 1 is 1.22 bits per heavy atom. The van der Waals surface area contributed by atoms with Crippen molar-refractivity contribution in [1.29, 1.82) is 5.26 Å². The second-order valence-corrected chi connectivity index (χ2v) is 5.62. The first-order valence-corrected chi connectivity index (χ1v) is 7.42. The number of hydrogen-bond acceptors (Lipinski definition) is 3. The number of likely N-dealkylation sites (N-methyl/N-ethyl adjacent to an activating group) is 1. The molecule has 0 radical (unpaired) electrons. The lowest BCUT2D eigenvalue weighted by Crippen LogP contribution is -2.31. The zero-order chi connectivity index (χ0) is 16.8. The third-order valence-electron chi connectivity index (χ3n) is 3.60. The summed E-state index contributed by atoms with van der Waals surface area (Å²) >= 11 is 0. The van der Waals surface area contributed by atoms with E-state index in [1.807, 2.05) is 44.2 Å². The van der Waals surface area contributed by atoms with Gasteiger partial charge >= 0.3 is 0 Å². The van der Waals surface area contributed by atoms with Gasteiger partial charge in [0.25, 0.3) is 5.91 Å². The van der Waals surface area contributed by atoms with Crippen LogP contribution in [0.4, 0.5) is 0 Å². The van der Waals surface area contributed by atoms with E-state index in [1.54, 1.807) is 24.1 Å². The molecule has 0 saturated heterocycles. The summed E-state index contributed by atoms with van der Waals surface area (Å²) < 4.78 is 5.64. The fourth-order valence-electron chi connectivity index (χ4n) is 2.21. The number of ether oxygens (including phenoxy) is 1. The summed E-state index contributed by atoms with van der Waals surface area (Å²) in [5.74, 6) is 0.631. The molecule has 2 rings (SSSR count). The van der Waals surface area contributed by atoms with Gasteiger partial charge in [-0.1, -0.05) is 24.3 Å². The van der Waals surface area contributed by atoms with Crippen molar-refractivity contribution in [2.75, 3.05) is 13.7 Å². The van der Waals surface area contributed by atoms with Crippen molar-refractivity contribution in [3.63, 3.8) is 0 Å². The molecule has 4 heteroatoms. The van der Waals surface area contributed by atoms with Crippen LogP contribution in [-0.2, 0) is 11.3 Å². The minimum absolute atomic E-state index is 0.00126. The van der Waals surface area contributed by atoms with E-state index in [-0.39, 0.29) is 12.5 Å². The van der Waals surface area contributed by atoms with Crippen LogP contribution in [0.2, 0.25) is 0 Å². The van der Waals surface area contributed by atoms with E-state index in [4.69, 9.17) is 10.00 Å². The first-order valence-electron chi connectivity index (χ1n) is 7.42. The van der Waals surface area contributed by atoms with Gasteiger partial charge in [-0.3, -0.25) is 4.79 Å². The predicted octanol–water partition coefficient (Wildman–Crippen LogP) is 3.21. The van der Waals surface area contributed by atoms with Gasteiger partial charge < -0.3 is 9.64 Å². The van der Waals surface area contributed by atoms with Crippen LogP contribution in [-0.4, -0.2) is 24.5 Å². The van der Waals surface area contributed by atoms with Crippen molar-refractivity contribution in [3.8, 4) is 11.8 Å². The number of benzene rings is 2. The molecule has 4 nitrogen and oxygen atoms in total. The first kappa shape index (κ1) is 16.6. The summed E-state index contributed by atoms with van der Waals surface area (Å²) in [6.45, 7) is 4.39. The van der Waals surface area contributed by atoms with Crippen molar-refractivity contribution in [2.24, 2.45) is 0 Å². The molecule has 2 aromatic rings. The molecule has 0 fully saturated rings. The number of nitriles is 1. The van der Waals surface area contributed by atoms with E-state index < -0.39 is 0 Å². The Balaban J connectivity index is 1.95. The Morgan fingerprint density at radius 2 is 2.00 bits per heavy atom. The molecule has 0 heterocycles. The van der Waals surface area contributed by atoms with E-state index in [0.29, 0.717) is 12.1 Å². The van der Waals surface area contributed by atoms with E-state index in [0.717, 1.165) is 22.4 Å². The number of nitrogens with zero attached hydrogens (tertiary/aromatic N) is 2. The Bertz CT molecular complexity index is 747. The molecule has 0 aliphatic rings. The molecule has 0 aliphatic heterocycles. The first-order chi connectivity index (χ1) is 11.0. The lowest BCUT2D eigenvalue weighted by Gasteiger charge is -2.18. The van der Waals surface area contributed by atoms with Crippen LogP contribution in [0.3, 0.4) is 0 Å². The van der Waals surface area contributed by atoms with Gasteiger partial charge in [0.05, 0.1) is 11.6 Å². The fraction of sp³-hybridized carbons (Fsp3) is 0.263. The predicted molar refractivity (Wildman–Crippen MR) is 89.0 cm³/mol. The smallest absolute Gasteiger partial charge is 0.260 e. The summed E-state index contributed by atoms with van der Waals surface area (Å²) in [4.78, 5) is 13.8. The molecule has 2 aromatic carbocycles. The maximum Gasteiger partial charge on any atom is 0.260 e. The molecule has 0 atom stereocenters. The molecule has 0 saturated carbocycles. The molecule has 0 N–H and O–H groups in total. The van der Waals surface area contributed by atoms with Crippen LogP contribution in [0.1, 0.15) is 22.3 Å². The van der Waals surface area contributed by atoms with Crippen molar-refractivity contribution in [2.45, 2.75) is 20.4 Å². The average molecular weight is 308 g/mol. The summed E-state index contributed by atoms with van der Waals surface area (Å²) in [5, 5.41) is 8.91. The number of amides is 1. The highest BCUT2D eigenvalue weighted by atomic mass is 16.5. The molecule has 0 unspecified atom stereocenters. The van der Waals surface area contributed by atoms with Crippen LogP contribution in [0, 0.1) is 25.2 Å². The zero-order valence-corrected chi connectivity index (χ0v) is 13.7. The lowest BCUT2D eigenvalue weighted by molar-refractivity contribution is -0.132. The topological polar surface area (TPSA) is 53.3 Å². The van der Waals surface area contributed by atoms with Gasteiger partial charge in [0.15, 0.2) is 6.61 Å². The lowest BCUT2D eigenvalue weighted by atomic mass is 10.1. The minimum Gasteiger partial charge on any atom is -0.483 e. The SMILES string of the molecule is Cc1ccc(C)c(OCC(=O)N(C)Cc2cccc(C#N)c2)c1. The zero-order valence-electron chi connectivity index (χ0n) is 13.7. The van der Waals surface area contributed by atoms with E-state index in [1.165, 1.54) is 0 Å². The molecule has 0 aliphatic carbocycles. The number of aryl methyl sites for hydroxylation is 2. The van der Waals surface area contributed by atoms with Crippen molar-refractivity contribution in [3.05, 3.63) is 64.7 Å². The van der Waals surface area contributed by atoms with E-state index >= 15 is 0 Å². The Morgan fingerprint density at radius 3 is 2.74 bits per heavy atom. The largest absolute Gasteiger partial charge is 0.483 e. The molecule has 0 bridgehead atoms. The molecular weight excluding hydrogens is 288 g/mol. The highest BCUT2D eigenvalue weighted by Gasteiger charge is 2.11. The Kier molecular flexibility index (Phi) is 5.37. The van der Waals surface area contributed by atoms with Gasteiger partial charge in [0.2, 0.25) is 0 Å². The third-order valence-corrected chi connectivity index (χ3v) is 3.60. The second-order valence-electron chi connectivity index (χ2n) is 5.62. The van der Waals surface area contributed by atoms with Gasteiger partial charge in [-0.15, -0.1) is 0 Å². The normalized spacial score (nSPS) is 10.0. The van der Waals surface area contributed by atoms with Crippen molar-refractivity contribution in [1.82, 2.24) is 4.90 Å². The molecular formula is C19H20N2O2.